The first-order valence-electron chi connectivity index (χ1n) is 4.92. The normalized spacial score (nSPS) is 21.0. The predicted octanol–water partition coefficient (Wildman–Crippen LogP) is 1.13. The second-order valence-electron chi connectivity index (χ2n) is 4.18. The van der Waals surface area contributed by atoms with Gasteiger partial charge in [0.05, 0.1) is 15.5 Å². The van der Waals surface area contributed by atoms with Crippen LogP contribution in [0.5, 0.6) is 0 Å². The molecule has 1 aliphatic carbocycles. The highest BCUT2D eigenvalue weighted by Crippen LogP contribution is 2.29. The number of hydrogen-bond acceptors (Lipinski definition) is 2. The molecule has 1 aliphatic rings. The molecule has 0 aromatic carbocycles. The molecule has 0 N–H and O–H groups in total. The first-order chi connectivity index (χ1) is 6.03. The van der Waals surface area contributed by atoms with E-state index in [1.165, 1.54) is 19.3 Å². The van der Waals surface area contributed by atoms with E-state index in [4.69, 9.17) is 4.74 Å². The van der Waals surface area contributed by atoms with Crippen molar-refractivity contribution in [3.05, 3.63) is 12.2 Å². The van der Waals surface area contributed by atoms with Crippen molar-refractivity contribution < 1.29 is 9.53 Å². The summed E-state index contributed by atoms with van der Waals surface area (Å²) in [5.74, 6) is -0.211. The summed E-state index contributed by atoms with van der Waals surface area (Å²) in [4.78, 5) is 11.3. The van der Waals surface area contributed by atoms with Gasteiger partial charge in [0.1, 0.15) is 0 Å². The number of carbonyl (C=O) groups excluding carboxylic acids is 1. The van der Waals surface area contributed by atoms with Crippen molar-refractivity contribution >= 4 is 16.2 Å². The van der Waals surface area contributed by atoms with Crippen molar-refractivity contribution in [3.63, 3.8) is 0 Å². The van der Waals surface area contributed by atoms with Crippen LogP contribution in [0, 0.1) is 0 Å². The Morgan fingerprint density at radius 3 is 2.38 bits per heavy atom. The third kappa shape index (κ3) is 2.99. The van der Waals surface area contributed by atoms with Gasteiger partial charge in [0, 0.05) is 5.57 Å². The predicted molar refractivity (Wildman–Crippen MR) is 56.7 cm³/mol. The summed E-state index contributed by atoms with van der Waals surface area (Å²) in [5.41, 5.74) is 0.515. The van der Waals surface area contributed by atoms with Crippen molar-refractivity contribution in [1.29, 1.82) is 0 Å². The summed E-state index contributed by atoms with van der Waals surface area (Å²) in [5, 5.41) is -0.0890. The van der Waals surface area contributed by atoms with Crippen molar-refractivity contribution in [1.82, 2.24) is 0 Å². The van der Waals surface area contributed by atoms with Gasteiger partial charge in [-0.3, -0.25) is 0 Å². The third-order valence-electron chi connectivity index (χ3n) is 2.60. The Morgan fingerprint density at radius 1 is 1.38 bits per heavy atom. The van der Waals surface area contributed by atoms with Crippen LogP contribution in [0.2, 0.25) is 0 Å². The SMILES string of the molecule is C=C(C)C(=O)OC1([SiH3])CCCCC1. The van der Waals surface area contributed by atoms with E-state index in [9.17, 15) is 4.79 Å². The molecule has 0 atom stereocenters. The van der Waals surface area contributed by atoms with E-state index in [0.717, 1.165) is 23.1 Å². The maximum Gasteiger partial charge on any atom is 0.333 e. The van der Waals surface area contributed by atoms with Crippen LogP contribution in [0.25, 0.3) is 0 Å². The van der Waals surface area contributed by atoms with Gasteiger partial charge >= 0.3 is 5.97 Å². The minimum atomic E-state index is -0.211. The van der Waals surface area contributed by atoms with Gasteiger partial charge < -0.3 is 4.74 Å². The molecule has 0 amide bonds. The number of carbonyl (C=O) groups is 1. The van der Waals surface area contributed by atoms with Crippen LogP contribution in [0.1, 0.15) is 39.0 Å². The highest BCUT2D eigenvalue weighted by atomic mass is 28.1. The monoisotopic (exact) mass is 198 g/mol. The van der Waals surface area contributed by atoms with E-state index >= 15 is 0 Å². The molecule has 0 unspecified atom stereocenters. The van der Waals surface area contributed by atoms with E-state index in [2.05, 4.69) is 6.58 Å². The molecular formula is C10H18O2Si. The Balaban J connectivity index is 2.50. The van der Waals surface area contributed by atoms with Crippen LogP contribution in [0.15, 0.2) is 12.2 Å². The highest BCUT2D eigenvalue weighted by molar-refractivity contribution is 6.15. The Hall–Kier alpha value is -0.573. The summed E-state index contributed by atoms with van der Waals surface area (Å²) in [6.45, 7) is 5.30. The van der Waals surface area contributed by atoms with Crippen LogP contribution in [0.4, 0.5) is 0 Å². The van der Waals surface area contributed by atoms with E-state index in [-0.39, 0.29) is 11.2 Å². The average Bonchev–Trinajstić information content (AvgIpc) is 2.04. The molecule has 1 fully saturated rings. The van der Waals surface area contributed by atoms with Crippen molar-refractivity contribution in [2.45, 2.75) is 44.3 Å². The van der Waals surface area contributed by atoms with Gasteiger partial charge in [0.25, 0.3) is 0 Å². The molecule has 1 rings (SSSR count). The van der Waals surface area contributed by atoms with Gasteiger partial charge in [0.15, 0.2) is 0 Å². The second-order valence-corrected chi connectivity index (χ2v) is 6.00. The van der Waals surface area contributed by atoms with Crippen LogP contribution in [-0.2, 0) is 9.53 Å². The highest BCUT2D eigenvalue weighted by Gasteiger charge is 2.30. The molecule has 2 nitrogen and oxygen atoms in total. The first-order valence-corrected chi connectivity index (χ1v) is 5.92. The standard InChI is InChI=1S/C10H18O2Si/c1-8(2)9(11)12-10(13)6-4-3-5-7-10/h1,3-7H2,2,13H3. The molecule has 0 aromatic heterocycles. The minimum absolute atomic E-state index is 0.0890. The fourth-order valence-corrected chi connectivity index (χ4v) is 2.61. The molecule has 0 spiro atoms. The summed E-state index contributed by atoms with van der Waals surface area (Å²) < 4.78 is 5.46. The lowest BCUT2D eigenvalue weighted by molar-refractivity contribution is -0.149. The number of ether oxygens (including phenoxy) is 1. The lowest BCUT2D eigenvalue weighted by atomic mass is 9.97. The molecule has 13 heavy (non-hydrogen) atoms. The van der Waals surface area contributed by atoms with Gasteiger partial charge in [-0.05, 0) is 32.6 Å². The molecule has 0 heterocycles. The minimum Gasteiger partial charge on any atom is -0.461 e. The largest absolute Gasteiger partial charge is 0.461 e. The fourth-order valence-electron chi connectivity index (χ4n) is 1.71. The Kier molecular flexibility index (Phi) is 3.31. The van der Waals surface area contributed by atoms with Crippen LogP contribution in [-0.4, -0.2) is 21.4 Å². The quantitative estimate of drug-likeness (QED) is 0.378. The van der Waals surface area contributed by atoms with E-state index < -0.39 is 0 Å². The zero-order valence-corrected chi connectivity index (χ0v) is 10.6. The molecular weight excluding hydrogens is 180 g/mol. The smallest absolute Gasteiger partial charge is 0.333 e. The van der Waals surface area contributed by atoms with Gasteiger partial charge in [-0.15, -0.1) is 0 Å². The zero-order valence-electron chi connectivity index (χ0n) is 8.56. The molecule has 0 aliphatic heterocycles. The van der Waals surface area contributed by atoms with E-state index in [0.29, 0.717) is 5.57 Å². The van der Waals surface area contributed by atoms with Gasteiger partial charge in [-0.2, -0.15) is 0 Å². The second kappa shape index (κ2) is 4.09. The Labute approximate surface area is 82.8 Å². The lowest BCUT2D eigenvalue weighted by Gasteiger charge is -2.33. The Bertz CT molecular complexity index is 217. The van der Waals surface area contributed by atoms with Crippen LogP contribution < -0.4 is 0 Å². The molecule has 3 heteroatoms. The number of hydrogen-bond donors (Lipinski definition) is 0. The van der Waals surface area contributed by atoms with E-state index in [1.54, 1.807) is 6.92 Å². The first kappa shape index (κ1) is 10.5. The average molecular weight is 198 g/mol. The van der Waals surface area contributed by atoms with Gasteiger partial charge in [-0.1, -0.05) is 13.0 Å². The topological polar surface area (TPSA) is 26.3 Å². The van der Waals surface area contributed by atoms with Crippen molar-refractivity contribution in [3.8, 4) is 0 Å². The maximum absolute atomic E-state index is 11.3. The molecule has 74 valence electrons. The van der Waals surface area contributed by atoms with Gasteiger partial charge in [0.2, 0.25) is 0 Å². The zero-order chi connectivity index (χ0) is 9.90. The maximum atomic E-state index is 11.3. The molecule has 0 saturated heterocycles. The van der Waals surface area contributed by atoms with Crippen LogP contribution >= 0.6 is 0 Å². The number of esters is 1. The summed E-state index contributed by atoms with van der Waals surface area (Å²) in [7, 11) is 0.940. The summed E-state index contributed by atoms with van der Waals surface area (Å²) in [6.07, 6.45) is 5.80. The van der Waals surface area contributed by atoms with Gasteiger partial charge in [-0.25, -0.2) is 4.79 Å². The van der Waals surface area contributed by atoms with Crippen molar-refractivity contribution in [2.75, 3.05) is 0 Å². The fraction of sp³-hybridized carbons (Fsp3) is 0.700. The molecule has 0 bridgehead atoms. The molecule has 1 saturated carbocycles. The van der Waals surface area contributed by atoms with Crippen LogP contribution in [0.3, 0.4) is 0 Å². The summed E-state index contributed by atoms with van der Waals surface area (Å²) in [6, 6.07) is 0. The van der Waals surface area contributed by atoms with Crippen molar-refractivity contribution in [2.24, 2.45) is 0 Å². The third-order valence-corrected chi connectivity index (χ3v) is 3.80. The molecule has 0 aromatic rings. The number of rotatable bonds is 2. The molecule has 0 radical (unpaired) electrons. The summed E-state index contributed by atoms with van der Waals surface area (Å²) >= 11 is 0. The Morgan fingerprint density at radius 2 is 1.92 bits per heavy atom. The lowest BCUT2D eigenvalue weighted by Crippen LogP contribution is -2.37. The van der Waals surface area contributed by atoms with E-state index in [1.807, 2.05) is 0 Å².